The molecule has 3 N–H and O–H groups in total. The summed E-state index contributed by atoms with van der Waals surface area (Å²) in [5.41, 5.74) is 4.81. The maximum Gasteiger partial charge on any atom is 0.335 e. The number of rotatable bonds is 14. The zero-order valence-corrected chi connectivity index (χ0v) is 30.1. The van der Waals surface area contributed by atoms with Crippen molar-refractivity contribution in [2.45, 2.75) is 77.3 Å². The molecule has 1 saturated carbocycles. The van der Waals surface area contributed by atoms with E-state index in [0.29, 0.717) is 35.2 Å². The number of aryl methyl sites for hydroxylation is 2. The van der Waals surface area contributed by atoms with Gasteiger partial charge in [0.25, 0.3) is 15.7 Å². The number of carboxylic acids is 1. The van der Waals surface area contributed by atoms with Gasteiger partial charge in [-0.3, -0.25) is 0 Å². The Labute approximate surface area is 296 Å². The third kappa shape index (κ3) is 8.55. The van der Waals surface area contributed by atoms with Crippen molar-refractivity contribution in [3.63, 3.8) is 0 Å². The Morgan fingerprint density at radius 1 is 1.04 bits per heavy atom. The maximum absolute atomic E-state index is 13.4. The number of carbonyl (C=O) groups is 1. The Hall–Kier alpha value is -4.66. The van der Waals surface area contributed by atoms with E-state index in [4.69, 9.17) is 9.15 Å². The molecular formula is C35H40ClN7O6S. The molecule has 1 atom stereocenters. The lowest BCUT2D eigenvalue weighted by Crippen LogP contribution is -2.36. The van der Waals surface area contributed by atoms with Gasteiger partial charge in [0.2, 0.25) is 23.4 Å². The first-order valence-corrected chi connectivity index (χ1v) is 17.6. The summed E-state index contributed by atoms with van der Waals surface area (Å²) in [6.45, 7) is 10.8. The van der Waals surface area contributed by atoms with E-state index in [1.807, 2.05) is 45.9 Å². The predicted octanol–water partition coefficient (Wildman–Crippen LogP) is 6.46. The van der Waals surface area contributed by atoms with Gasteiger partial charge in [-0.25, -0.2) is 32.9 Å². The summed E-state index contributed by atoms with van der Waals surface area (Å²) in [6.07, 6.45) is 4.76. The molecule has 50 heavy (non-hydrogen) atoms. The van der Waals surface area contributed by atoms with Crippen LogP contribution in [0, 0.1) is 19.3 Å². The minimum atomic E-state index is -4.24. The molecule has 13 nitrogen and oxygen atoms in total. The molecule has 0 bridgehead atoms. The second-order valence-electron chi connectivity index (χ2n) is 13.2. The number of nitrogens with one attached hydrogen (secondary N) is 2. The standard InChI is InChI=1S/C35H39N7O6S.ClH/c1-20(2)31-41-30-32(48-31)37-18-25(38-30)17-36-24(16-35(5)12-13-35)19-47-28-15-27(29-21(3)8-6-9-22(29)4)39-34(40-28)42-49(45,46)26-11-7-10-23(14-26)33(43)44;/h6-11,14-15,18,20,24,36H,12-13,16-17,19H2,1-5H3,(H,43,44)(H,39,40,42);1H/t24-;/m1./s1. The van der Waals surface area contributed by atoms with Crippen LogP contribution in [0.4, 0.5) is 5.95 Å². The molecule has 0 saturated heterocycles. The molecule has 0 unspecified atom stereocenters. The highest BCUT2D eigenvalue weighted by molar-refractivity contribution is 7.92. The highest BCUT2D eigenvalue weighted by Crippen LogP contribution is 2.49. The molecule has 3 heterocycles. The number of aromatic nitrogens is 5. The van der Waals surface area contributed by atoms with Crippen LogP contribution < -0.4 is 14.8 Å². The average molecular weight is 722 g/mol. The zero-order valence-electron chi connectivity index (χ0n) is 28.4. The van der Waals surface area contributed by atoms with E-state index in [9.17, 15) is 18.3 Å². The smallest absolute Gasteiger partial charge is 0.335 e. The number of nitrogens with zero attached hydrogens (tertiary/aromatic N) is 5. The number of halogens is 1. The second kappa shape index (κ2) is 14.7. The van der Waals surface area contributed by atoms with Crippen LogP contribution in [0.25, 0.3) is 22.6 Å². The second-order valence-corrected chi connectivity index (χ2v) is 14.9. The SMILES string of the molecule is Cc1cccc(C)c1-c1cc(OC[C@@H](CC2(C)CC2)NCc2cnc3oc(C(C)C)nc3n2)nc(NS(=O)(=O)c2cccc(C(=O)O)c2)n1.Cl. The molecule has 1 fully saturated rings. The van der Waals surface area contributed by atoms with Gasteiger partial charge in [-0.15, -0.1) is 12.4 Å². The van der Waals surface area contributed by atoms with Gasteiger partial charge in [0.15, 0.2) is 0 Å². The Kier molecular flexibility index (Phi) is 10.7. The largest absolute Gasteiger partial charge is 0.478 e. The lowest BCUT2D eigenvalue weighted by molar-refractivity contribution is 0.0696. The van der Waals surface area contributed by atoms with Crippen molar-refractivity contribution in [1.29, 1.82) is 0 Å². The molecule has 0 amide bonds. The Morgan fingerprint density at radius 2 is 1.76 bits per heavy atom. The summed E-state index contributed by atoms with van der Waals surface area (Å²) >= 11 is 0. The van der Waals surface area contributed by atoms with Crippen molar-refractivity contribution in [2.75, 3.05) is 11.3 Å². The lowest BCUT2D eigenvalue weighted by atomic mass is 9.99. The highest BCUT2D eigenvalue weighted by Gasteiger charge is 2.39. The first-order valence-electron chi connectivity index (χ1n) is 16.1. The van der Waals surface area contributed by atoms with Crippen molar-refractivity contribution in [1.82, 2.24) is 30.2 Å². The van der Waals surface area contributed by atoms with Gasteiger partial charge in [-0.1, -0.05) is 45.0 Å². The quantitative estimate of drug-likeness (QED) is 0.114. The van der Waals surface area contributed by atoms with Crippen LogP contribution >= 0.6 is 12.4 Å². The number of oxazole rings is 1. The first kappa shape index (κ1) is 36.6. The molecule has 3 aromatic heterocycles. The van der Waals surface area contributed by atoms with E-state index >= 15 is 0 Å². The Bertz CT molecular complexity index is 2120. The highest BCUT2D eigenvalue weighted by atomic mass is 35.5. The van der Waals surface area contributed by atoms with E-state index < -0.39 is 16.0 Å². The normalized spacial score (nSPS) is 14.3. The number of hydrogen-bond acceptors (Lipinski definition) is 11. The van der Waals surface area contributed by atoms with Crippen molar-refractivity contribution in [3.05, 3.63) is 83.0 Å². The fourth-order valence-corrected chi connectivity index (χ4v) is 6.60. The molecule has 1 aliphatic carbocycles. The monoisotopic (exact) mass is 721 g/mol. The number of benzene rings is 2. The molecule has 0 aliphatic heterocycles. The van der Waals surface area contributed by atoms with E-state index in [0.717, 1.165) is 42.0 Å². The fourth-order valence-electron chi connectivity index (χ4n) is 5.61. The van der Waals surface area contributed by atoms with E-state index in [1.54, 1.807) is 12.3 Å². The molecule has 15 heteroatoms. The summed E-state index contributed by atoms with van der Waals surface area (Å²) in [6, 6.07) is 12.5. The molecule has 0 spiro atoms. The molecule has 1 aliphatic rings. The van der Waals surface area contributed by atoms with E-state index in [1.165, 1.54) is 18.2 Å². The molecular weight excluding hydrogens is 682 g/mol. The summed E-state index contributed by atoms with van der Waals surface area (Å²) in [7, 11) is -4.24. The van der Waals surface area contributed by atoms with Gasteiger partial charge in [0, 0.05) is 30.1 Å². The van der Waals surface area contributed by atoms with Gasteiger partial charge >= 0.3 is 5.97 Å². The number of anilines is 1. The van der Waals surface area contributed by atoms with Crippen LogP contribution in [-0.4, -0.2) is 57.1 Å². The topological polar surface area (TPSA) is 182 Å². The molecule has 2 aromatic carbocycles. The van der Waals surface area contributed by atoms with Crippen LogP contribution in [0.2, 0.25) is 0 Å². The third-order valence-corrected chi connectivity index (χ3v) is 9.91. The van der Waals surface area contributed by atoms with Crippen molar-refractivity contribution in [2.24, 2.45) is 5.41 Å². The molecule has 0 radical (unpaired) electrons. The average Bonchev–Trinajstić information content (AvgIpc) is 3.61. The number of carboxylic acid groups (broad SMARTS) is 1. The minimum Gasteiger partial charge on any atom is -0.478 e. The Balaban J connectivity index is 0.00000486. The third-order valence-electron chi connectivity index (χ3n) is 8.59. The summed E-state index contributed by atoms with van der Waals surface area (Å²) < 4.78 is 41.2. The number of fused-ring (bicyclic) bond motifs is 1. The van der Waals surface area contributed by atoms with Gasteiger partial charge in [-0.2, -0.15) is 9.97 Å². The molecule has 5 aromatic rings. The molecule has 264 valence electrons. The lowest BCUT2D eigenvalue weighted by Gasteiger charge is -2.22. The number of sulfonamides is 1. The number of hydrogen-bond donors (Lipinski definition) is 3. The van der Waals surface area contributed by atoms with Crippen LogP contribution in [0.1, 0.15) is 79.0 Å². The van der Waals surface area contributed by atoms with Gasteiger partial charge in [0.05, 0.1) is 28.0 Å². The van der Waals surface area contributed by atoms with Gasteiger partial charge < -0.3 is 19.6 Å². The number of aromatic carboxylic acids is 1. The minimum absolute atomic E-state index is 0. The first-order chi connectivity index (χ1) is 23.3. The van der Waals surface area contributed by atoms with E-state index in [2.05, 4.69) is 41.9 Å². The zero-order chi connectivity index (χ0) is 34.9. The van der Waals surface area contributed by atoms with Gasteiger partial charge in [0.1, 0.15) is 6.61 Å². The summed E-state index contributed by atoms with van der Waals surface area (Å²) in [5.74, 6) is -0.549. The van der Waals surface area contributed by atoms with Crippen LogP contribution in [0.5, 0.6) is 5.88 Å². The van der Waals surface area contributed by atoms with Crippen LogP contribution in [-0.2, 0) is 16.6 Å². The van der Waals surface area contributed by atoms with Crippen LogP contribution in [0.3, 0.4) is 0 Å². The fraction of sp³-hybridized carbons (Fsp3) is 0.371. The van der Waals surface area contributed by atoms with E-state index in [-0.39, 0.29) is 58.7 Å². The van der Waals surface area contributed by atoms with Crippen molar-refractivity contribution < 1.29 is 27.5 Å². The predicted molar refractivity (Wildman–Crippen MR) is 190 cm³/mol. The maximum atomic E-state index is 13.4. The Morgan fingerprint density at radius 3 is 2.44 bits per heavy atom. The molecule has 6 rings (SSSR count). The summed E-state index contributed by atoms with van der Waals surface area (Å²) in [5, 5.41) is 12.9. The van der Waals surface area contributed by atoms with Gasteiger partial charge in [-0.05, 0) is 67.9 Å². The summed E-state index contributed by atoms with van der Waals surface area (Å²) in [4.78, 5) is 33.8. The van der Waals surface area contributed by atoms with Crippen molar-refractivity contribution >= 4 is 45.7 Å². The van der Waals surface area contributed by atoms with Crippen LogP contribution in [0.15, 0.2) is 64.0 Å². The number of ether oxygens (including phenoxy) is 1. The van der Waals surface area contributed by atoms with Crippen molar-refractivity contribution in [3.8, 4) is 17.1 Å².